The molecular weight excluding hydrogens is 186 g/mol. The molecule has 0 radical (unpaired) electrons. The molecule has 2 rings (SSSR count). The first kappa shape index (κ1) is 9.59. The van der Waals surface area contributed by atoms with Gasteiger partial charge in [0, 0.05) is 12.0 Å². The van der Waals surface area contributed by atoms with E-state index in [-0.39, 0.29) is 5.92 Å². The predicted molar refractivity (Wildman–Crippen MR) is 49.0 cm³/mol. The van der Waals surface area contributed by atoms with Crippen molar-refractivity contribution in [1.82, 2.24) is 0 Å². The first-order valence-corrected chi connectivity index (χ1v) is 4.81. The summed E-state index contributed by atoms with van der Waals surface area (Å²) in [4.78, 5) is 0. The molecule has 1 saturated carbocycles. The molecule has 1 aliphatic carbocycles. The van der Waals surface area contributed by atoms with Crippen LogP contribution in [0.25, 0.3) is 0 Å². The molecule has 1 nitrogen and oxygen atoms in total. The molecular formula is C11H12F2O. The van der Waals surface area contributed by atoms with Gasteiger partial charge in [0.05, 0.1) is 6.10 Å². The van der Waals surface area contributed by atoms with E-state index in [4.69, 9.17) is 0 Å². The van der Waals surface area contributed by atoms with Crippen LogP contribution in [-0.2, 0) is 0 Å². The molecule has 0 bridgehead atoms. The zero-order valence-corrected chi connectivity index (χ0v) is 7.71. The third kappa shape index (κ3) is 1.77. The highest BCUT2D eigenvalue weighted by atomic mass is 19.1. The second-order valence-electron chi connectivity index (χ2n) is 3.81. The molecule has 1 N–H and O–H groups in total. The minimum absolute atomic E-state index is 0.0970. The molecule has 1 fully saturated rings. The molecule has 2 atom stereocenters. The summed E-state index contributed by atoms with van der Waals surface area (Å²) in [6.07, 6.45) is 2.01. The van der Waals surface area contributed by atoms with Crippen LogP contribution in [0.4, 0.5) is 8.78 Å². The molecule has 0 spiro atoms. The number of aliphatic hydroxyl groups is 1. The van der Waals surface area contributed by atoms with Crippen molar-refractivity contribution < 1.29 is 13.9 Å². The van der Waals surface area contributed by atoms with Gasteiger partial charge in [-0.25, -0.2) is 8.78 Å². The minimum atomic E-state index is -0.570. The summed E-state index contributed by atoms with van der Waals surface area (Å²) in [6, 6.07) is 3.47. The number of rotatable bonds is 1. The molecule has 1 aromatic carbocycles. The highest BCUT2D eigenvalue weighted by Crippen LogP contribution is 2.34. The van der Waals surface area contributed by atoms with Gasteiger partial charge in [0.15, 0.2) is 0 Å². The normalized spacial score (nSPS) is 26.8. The average Bonchev–Trinajstić information content (AvgIpc) is 2.49. The molecule has 76 valence electrons. The van der Waals surface area contributed by atoms with E-state index in [0.717, 1.165) is 25.3 Å². The highest BCUT2D eigenvalue weighted by molar-refractivity contribution is 5.23. The Morgan fingerprint density at radius 1 is 1.07 bits per heavy atom. The molecule has 0 heterocycles. The Bertz CT molecular complexity index is 318. The van der Waals surface area contributed by atoms with Crippen LogP contribution >= 0.6 is 0 Å². The van der Waals surface area contributed by atoms with Gasteiger partial charge >= 0.3 is 0 Å². The van der Waals surface area contributed by atoms with E-state index in [1.54, 1.807) is 0 Å². The molecule has 3 heteroatoms. The first-order valence-electron chi connectivity index (χ1n) is 4.81. The molecule has 0 aliphatic heterocycles. The Hall–Kier alpha value is -0.960. The van der Waals surface area contributed by atoms with Gasteiger partial charge in [0.25, 0.3) is 0 Å². The number of halogens is 2. The van der Waals surface area contributed by atoms with Crippen molar-refractivity contribution >= 4 is 0 Å². The maximum Gasteiger partial charge on any atom is 0.126 e. The summed E-state index contributed by atoms with van der Waals surface area (Å²) < 4.78 is 25.8. The van der Waals surface area contributed by atoms with E-state index in [1.807, 2.05) is 0 Å². The lowest BCUT2D eigenvalue weighted by Crippen LogP contribution is -2.11. The van der Waals surface area contributed by atoms with Crippen LogP contribution in [0, 0.1) is 11.6 Å². The van der Waals surface area contributed by atoms with E-state index in [9.17, 15) is 13.9 Å². The van der Waals surface area contributed by atoms with Crippen LogP contribution in [0.1, 0.15) is 30.7 Å². The monoisotopic (exact) mass is 198 g/mol. The lowest BCUT2D eigenvalue weighted by molar-refractivity contribution is 0.163. The fourth-order valence-electron chi connectivity index (χ4n) is 2.12. The quantitative estimate of drug-likeness (QED) is 0.735. The Morgan fingerprint density at radius 3 is 2.21 bits per heavy atom. The maximum atomic E-state index is 12.9. The molecule has 1 aliphatic rings. The van der Waals surface area contributed by atoms with Crippen molar-refractivity contribution in [1.29, 1.82) is 0 Å². The van der Waals surface area contributed by atoms with E-state index in [1.165, 1.54) is 12.1 Å². The minimum Gasteiger partial charge on any atom is -0.392 e. The lowest BCUT2D eigenvalue weighted by atomic mass is 9.96. The Labute approximate surface area is 81.4 Å². The molecule has 14 heavy (non-hydrogen) atoms. The summed E-state index contributed by atoms with van der Waals surface area (Å²) in [5, 5.41) is 9.58. The summed E-state index contributed by atoms with van der Waals surface area (Å²) >= 11 is 0. The predicted octanol–water partition coefficient (Wildman–Crippen LogP) is 2.59. The van der Waals surface area contributed by atoms with Gasteiger partial charge in [-0.15, -0.1) is 0 Å². The van der Waals surface area contributed by atoms with Gasteiger partial charge in [-0.05, 0) is 30.5 Å². The second-order valence-corrected chi connectivity index (χ2v) is 3.81. The molecule has 0 aromatic heterocycles. The Balaban J connectivity index is 2.31. The SMILES string of the molecule is OC1CCCC1c1cc(F)cc(F)c1. The summed E-state index contributed by atoms with van der Waals surface area (Å²) in [6.45, 7) is 0. The third-order valence-electron chi connectivity index (χ3n) is 2.79. The van der Waals surface area contributed by atoms with Crippen LogP contribution in [0.5, 0.6) is 0 Å². The zero-order chi connectivity index (χ0) is 10.1. The van der Waals surface area contributed by atoms with E-state index < -0.39 is 17.7 Å². The maximum absolute atomic E-state index is 12.9. The molecule has 0 amide bonds. The summed E-state index contributed by atoms with van der Waals surface area (Å²) in [5.74, 6) is -1.24. The van der Waals surface area contributed by atoms with Crippen molar-refractivity contribution in [3.8, 4) is 0 Å². The van der Waals surface area contributed by atoms with Crippen molar-refractivity contribution in [2.24, 2.45) is 0 Å². The van der Waals surface area contributed by atoms with E-state index in [2.05, 4.69) is 0 Å². The zero-order valence-electron chi connectivity index (χ0n) is 7.71. The Kier molecular flexibility index (Phi) is 2.50. The van der Waals surface area contributed by atoms with Gasteiger partial charge < -0.3 is 5.11 Å². The molecule has 2 unspecified atom stereocenters. The number of hydrogen-bond donors (Lipinski definition) is 1. The smallest absolute Gasteiger partial charge is 0.126 e. The van der Waals surface area contributed by atoms with Gasteiger partial charge in [-0.2, -0.15) is 0 Å². The number of aliphatic hydroxyl groups excluding tert-OH is 1. The van der Waals surface area contributed by atoms with Crippen LogP contribution in [0.2, 0.25) is 0 Å². The molecule has 1 aromatic rings. The van der Waals surface area contributed by atoms with Gasteiger partial charge in [-0.3, -0.25) is 0 Å². The second kappa shape index (κ2) is 3.65. The van der Waals surface area contributed by atoms with Crippen molar-refractivity contribution in [2.75, 3.05) is 0 Å². The fraction of sp³-hybridized carbons (Fsp3) is 0.455. The van der Waals surface area contributed by atoms with Crippen molar-refractivity contribution in [3.63, 3.8) is 0 Å². The lowest BCUT2D eigenvalue weighted by Gasteiger charge is -2.14. The van der Waals surface area contributed by atoms with Crippen LogP contribution in [0.3, 0.4) is 0 Å². The molecule has 0 saturated heterocycles. The summed E-state index contributed by atoms with van der Waals surface area (Å²) in [7, 11) is 0. The fourth-order valence-corrected chi connectivity index (χ4v) is 2.12. The van der Waals surface area contributed by atoms with Gasteiger partial charge in [-0.1, -0.05) is 6.42 Å². The van der Waals surface area contributed by atoms with E-state index in [0.29, 0.717) is 5.56 Å². The number of benzene rings is 1. The summed E-state index contributed by atoms with van der Waals surface area (Å²) in [5.41, 5.74) is 0.576. The van der Waals surface area contributed by atoms with Gasteiger partial charge in [0.2, 0.25) is 0 Å². The standard InChI is InChI=1S/C11H12F2O/c12-8-4-7(5-9(13)6-8)10-2-1-3-11(10)14/h4-6,10-11,14H,1-3H2. The van der Waals surface area contributed by atoms with Crippen LogP contribution in [0.15, 0.2) is 18.2 Å². The van der Waals surface area contributed by atoms with Gasteiger partial charge in [0.1, 0.15) is 11.6 Å². The average molecular weight is 198 g/mol. The first-order chi connectivity index (χ1) is 6.66. The third-order valence-corrected chi connectivity index (χ3v) is 2.79. The van der Waals surface area contributed by atoms with E-state index >= 15 is 0 Å². The largest absolute Gasteiger partial charge is 0.392 e. The topological polar surface area (TPSA) is 20.2 Å². The highest BCUT2D eigenvalue weighted by Gasteiger charge is 2.27. The van der Waals surface area contributed by atoms with Crippen LogP contribution < -0.4 is 0 Å². The van der Waals surface area contributed by atoms with Crippen LogP contribution in [-0.4, -0.2) is 11.2 Å². The number of hydrogen-bond acceptors (Lipinski definition) is 1. The Morgan fingerprint density at radius 2 is 1.71 bits per heavy atom. The van der Waals surface area contributed by atoms with Crippen molar-refractivity contribution in [3.05, 3.63) is 35.4 Å². The van der Waals surface area contributed by atoms with Crippen molar-refractivity contribution in [2.45, 2.75) is 31.3 Å².